The molecule has 2 N–H and O–H groups in total. The Morgan fingerprint density at radius 2 is 2.20 bits per heavy atom. The molecule has 1 unspecified atom stereocenters. The van der Waals surface area contributed by atoms with Gasteiger partial charge in [0, 0.05) is 0 Å². The molecule has 15 heavy (non-hydrogen) atoms. The molecule has 0 aliphatic heterocycles. The first-order valence-corrected chi connectivity index (χ1v) is 5.50. The van der Waals surface area contributed by atoms with Crippen molar-refractivity contribution >= 4 is 5.91 Å². The molecule has 0 aliphatic carbocycles. The van der Waals surface area contributed by atoms with Crippen molar-refractivity contribution in [1.82, 2.24) is 0 Å². The highest BCUT2D eigenvalue weighted by Crippen LogP contribution is 2.21. The van der Waals surface area contributed by atoms with E-state index in [1.165, 1.54) is 18.4 Å². The molecular weight excluding hydrogens is 186 g/mol. The van der Waals surface area contributed by atoms with Crippen molar-refractivity contribution in [3.8, 4) is 0 Å². The van der Waals surface area contributed by atoms with Crippen LogP contribution in [0.15, 0.2) is 24.3 Å². The van der Waals surface area contributed by atoms with Crippen LogP contribution in [-0.4, -0.2) is 5.91 Å². The van der Waals surface area contributed by atoms with E-state index in [0.717, 1.165) is 5.56 Å². The van der Waals surface area contributed by atoms with Crippen molar-refractivity contribution in [2.75, 3.05) is 0 Å². The van der Waals surface area contributed by atoms with Crippen molar-refractivity contribution < 1.29 is 4.79 Å². The Bertz CT molecular complexity index is 333. The van der Waals surface area contributed by atoms with Crippen LogP contribution >= 0.6 is 0 Å². The quantitative estimate of drug-likeness (QED) is 0.789. The summed E-state index contributed by atoms with van der Waals surface area (Å²) in [4.78, 5) is 10.8. The van der Waals surface area contributed by atoms with Crippen LogP contribution in [0.3, 0.4) is 0 Å². The van der Waals surface area contributed by atoms with Gasteiger partial charge < -0.3 is 5.73 Å². The first kappa shape index (κ1) is 11.8. The molecule has 0 radical (unpaired) electrons. The summed E-state index contributed by atoms with van der Waals surface area (Å²) in [5.41, 5.74) is 7.49. The van der Waals surface area contributed by atoms with E-state index >= 15 is 0 Å². The van der Waals surface area contributed by atoms with Gasteiger partial charge in [-0.15, -0.1) is 0 Å². The first-order valence-electron chi connectivity index (χ1n) is 5.50. The van der Waals surface area contributed by atoms with Crippen molar-refractivity contribution in [3.05, 3.63) is 35.4 Å². The van der Waals surface area contributed by atoms with Gasteiger partial charge in [-0.05, 0) is 23.5 Å². The van der Waals surface area contributed by atoms with Gasteiger partial charge >= 0.3 is 0 Å². The lowest BCUT2D eigenvalue weighted by atomic mass is 9.94. The number of hydrogen-bond donors (Lipinski definition) is 1. The maximum Gasteiger partial charge on any atom is 0.221 e. The Morgan fingerprint density at radius 3 is 2.80 bits per heavy atom. The first-order chi connectivity index (χ1) is 7.13. The van der Waals surface area contributed by atoms with E-state index in [0.29, 0.717) is 12.3 Å². The third-order valence-electron chi connectivity index (χ3n) is 2.62. The molecule has 1 aromatic rings. The molecule has 0 heterocycles. The van der Waals surface area contributed by atoms with E-state index in [4.69, 9.17) is 5.73 Å². The number of amides is 1. The van der Waals surface area contributed by atoms with Crippen LogP contribution in [0.2, 0.25) is 0 Å². The number of rotatable bonds is 5. The van der Waals surface area contributed by atoms with Gasteiger partial charge in [0.25, 0.3) is 0 Å². The minimum atomic E-state index is -0.268. The van der Waals surface area contributed by atoms with Crippen LogP contribution in [0.5, 0.6) is 0 Å². The highest BCUT2D eigenvalue weighted by Gasteiger charge is 2.05. The summed E-state index contributed by atoms with van der Waals surface area (Å²) in [5, 5.41) is 0. The van der Waals surface area contributed by atoms with Crippen LogP contribution in [0, 0.1) is 0 Å². The number of carbonyl (C=O) groups excluding carboxylic acids is 1. The Balaban J connectivity index is 2.77. The molecule has 0 aromatic heterocycles. The molecule has 0 saturated carbocycles. The highest BCUT2D eigenvalue weighted by atomic mass is 16.1. The predicted octanol–water partition coefficient (Wildman–Crippen LogP) is 2.62. The second kappa shape index (κ2) is 5.54. The Morgan fingerprint density at radius 1 is 1.47 bits per heavy atom. The average molecular weight is 205 g/mol. The van der Waals surface area contributed by atoms with E-state index in [9.17, 15) is 4.79 Å². The Kier molecular flexibility index (Phi) is 4.35. The van der Waals surface area contributed by atoms with Crippen LogP contribution in [0.25, 0.3) is 0 Å². The van der Waals surface area contributed by atoms with Crippen LogP contribution in [0.4, 0.5) is 0 Å². The van der Waals surface area contributed by atoms with Crippen LogP contribution < -0.4 is 5.73 Å². The average Bonchev–Trinajstić information content (AvgIpc) is 2.17. The number of hydrogen-bond acceptors (Lipinski definition) is 1. The third kappa shape index (κ3) is 3.74. The van der Waals surface area contributed by atoms with Gasteiger partial charge in [0.1, 0.15) is 0 Å². The van der Waals surface area contributed by atoms with Crippen molar-refractivity contribution in [2.45, 2.75) is 39.0 Å². The number of primary amides is 1. The van der Waals surface area contributed by atoms with Gasteiger partial charge in [0.05, 0.1) is 6.42 Å². The summed E-state index contributed by atoms with van der Waals surface area (Å²) in [5.74, 6) is 0.290. The maximum atomic E-state index is 10.8. The summed E-state index contributed by atoms with van der Waals surface area (Å²) in [6, 6.07) is 8.16. The molecule has 0 bridgehead atoms. The molecule has 1 amide bonds. The van der Waals surface area contributed by atoms with Crippen LogP contribution in [0.1, 0.15) is 43.7 Å². The molecule has 0 aliphatic rings. The van der Waals surface area contributed by atoms with E-state index in [-0.39, 0.29) is 5.91 Å². The third-order valence-corrected chi connectivity index (χ3v) is 2.62. The zero-order valence-corrected chi connectivity index (χ0v) is 9.49. The summed E-state index contributed by atoms with van der Waals surface area (Å²) >= 11 is 0. The number of nitrogens with two attached hydrogens (primary N) is 1. The van der Waals surface area contributed by atoms with Gasteiger partial charge in [-0.1, -0.05) is 44.5 Å². The molecule has 1 rings (SSSR count). The summed E-state index contributed by atoms with van der Waals surface area (Å²) in [6.45, 7) is 4.40. The zero-order valence-electron chi connectivity index (χ0n) is 9.49. The second-order valence-corrected chi connectivity index (χ2v) is 4.08. The highest BCUT2D eigenvalue weighted by molar-refractivity contribution is 5.76. The van der Waals surface area contributed by atoms with Crippen LogP contribution in [-0.2, 0) is 11.2 Å². The molecule has 0 saturated heterocycles. The van der Waals surface area contributed by atoms with Crippen molar-refractivity contribution in [1.29, 1.82) is 0 Å². The Hall–Kier alpha value is -1.31. The second-order valence-electron chi connectivity index (χ2n) is 4.08. The van der Waals surface area contributed by atoms with E-state index in [1.54, 1.807) is 0 Å². The van der Waals surface area contributed by atoms with Gasteiger partial charge in [-0.25, -0.2) is 0 Å². The number of carbonyl (C=O) groups is 1. The van der Waals surface area contributed by atoms with Gasteiger partial charge in [0.2, 0.25) is 5.91 Å². The van der Waals surface area contributed by atoms with Gasteiger partial charge in [-0.3, -0.25) is 4.79 Å². The smallest absolute Gasteiger partial charge is 0.221 e. The minimum Gasteiger partial charge on any atom is -0.369 e. The molecule has 2 nitrogen and oxygen atoms in total. The van der Waals surface area contributed by atoms with E-state index in [2.05, 4.69) is 26.0 Å². The lowest BCUT2D eigenvalue weighted by molar-refractivity contribution is -0.117. The molecule has 2 heteroatoms. The maximum absolute atomic E-state index is 10.8. The van der Waals surface area contributed by atoms with Gasteiger partial charge in [0.15, 0.2) is 0 Å². The molecular formula is C13H19NO. The summed E-state index contributed by atoms with van der Waals surface area (Å²) in [6.07, 6.45) is 2.70. The normalized spacial score (nSPS) is 12.4. The fourth-order valence-electron chi connectivity index (χ4n) is 1.81. The minimum absolute atomic E-state index is 0.268. The topological polar surface area (TPSA) is 43.1 Å². The molecule has 0 spiro atoms. The zero-order chi connectivity index (χ0) is 11.3. The summed E-state index contributed by atoms with van der Waals surface area (Å²) in [7, 11) is 0. The number of benzene rings is 1. The lowest BCUT2D eigenvalue weighted by Crippen LogP contribution is -2.13. The fraction of sp³-hybridized carbons (Fsp3) is 0.462. The SMILES string of the molecule is CCCC(C)c1cccc(CC(N)=O)c1. The predicted molar refractivity (Wildman–Crippen MR) is 62.7 cm³/mol. The summed E-state index contributed by atoms with van der Waals surface area (Å²) < 4.78 is 0. The molecule has 0 fully saturated rings. The fourth-order valence-corrected chi connectivity index (χ4v) is 1.81. The Labute approximate surface area is 91.5 Å². The van der Waals surface area contributed by atoms with E-state index in [1.807, 2.05) is 12.1 Å². The molecule has 1 aromatic carbocycles. The monoisotopic (exact) mass is 205 g/mol. The largest absolute Gasteiger partial charge is 0.369 e. The van der Waals surface area contributed by atoms with E-state index < -0.39 is 0 Å². The molecule has 82 valence electrons. The lowest BCUT2D eigenvalue weighted by Gasteiger charge is -2.11. The standard InChI is InChI=1S/C13H19NO/c1-3-5-10(2)12-7-4-6-11(8-12)9-13(14)15/h4,6-8,10H,3,5,9H2,1-2H3,(H2,14,15). The van der Waals surface area contributed by atoms with Gasteiger partial charge in [-0.2, -0.15) is 0 Å². The van der Waals surface area contributed by atoms with Crippen molar-refractivity contribution in [2.24, 2.45) is 5.73 Å². The van der Waals surface area contributed by atoms with Crippen molar-refractivity contribution in [3.63, 3.8) is 0 Å². The molecule has 1 atom stereocenters.